The summed E-state index contributed by atoms with van der Waals surface area (Å²) in [5, 5.41) is 26.2. The lowest BCUT2D eigenvalue weighted by molar-refractivity contribution is 0.0916. The number of nitrogens with zero attached hydrogens (tertiary/aromatic N) is 1. The van der Waals surface area contributed by atoms with Gasteiger partial charge in [-0.25, -0.2) is 9.37 Å². The number of carbonyl (C=O) groups excluding carboxylic acids is 1. The van der Waals surface area contributed by atoms with Crippen LogP contribution >= 0.6 is 23.4 Å². The Morgan fingerprint density at radius 3 is 2.71 bits per heavy atom. The fourth-order valence-electron chi connectivity index (χ4n) is 3.32. The van der Waals surface area contributed by atoms with Gasteiger partial charge in [-0.3, -0.25) is 4.79 Å². The number of phenols is 1. The van der Waals surface area contributed by atoms with Crippen molar-refractivity contribution in [3.8, 4) is 17.0 Å². The quantitative estimate of drug-likeness (QED) is 0.253. The molecule has 2 aromatic carbocycles. The number of pyridine rings is 1. The minimum Gasteiger partial charge on any atom is -0.507 e. The molecule has 0 spiro atoms. The number of nitrogens with one attached hydrogen (secondary N) is 2. The first-order valence-electron chi connectivity index (χ1n) is 10.5. The van der Waals surface area contributed by atoms with Gasteiger partial charge in [0.2, 0.25) is 0 Å². The number of benzene rings is 2. The summed E-state index contributed by atoms with van der Waals surface area (Å²) in [5.74, 6) is 0.323. The molecular weight excluding hydrogens is 479 g/mol. The van der Waals surface area contributed by atoms with E-state index in [1.54, 1.807) is 48.2 Å². The van der Waals surface area contributed by atoms with E-state index in [0.717, 1.165) is 5.75 Å². The highest BCUT2D eigenvalue weighted by Gasteiger charge is 2.17. The average Bonchev–Trinajstić information content (AvgIpc) is 2.83. The molecule has 6 N–H and O–H groups in total. The van der Waals surface area contributed by atoms with E-state index in [2.05, 4.69) is 15.6 Å². The third-order valence-electron chi connectivity index (χ3n) is 5.16. The lowest BCUT2D eigenvalue weighted by atomic mass is 10.1. The predicted octanol–water partition coefficient (Wildman–Crippen LogP) is 4.75. The van der Waals surface area contributed by atoms with Gasteiger partial charge in [0.05, 0.1) is 23.9 Å². The normalized spacial score (nSPS) is 11.8. The van der Waals surface area contributed by atoms with Crippen molar-refractivity contribution in [2.45, 2.75) is 19.1 Å². The second-order valence-corrected chi connectivity index (χ2v) is 8.98. The summed E-state index contributed by atoms with van der Waals surface area (Å²) >= 11 is 7.57. The lowest BCUT2D eigenvalue weighted by Gasteiger charge is -2.17. The summed E-state index contributed by atoms with van der Waals surface area (Å²) in [6.07, 6.45) is 2.58. The van der Waals surface area contributed by atoms with Gasteiger partial charge in [0.25, 0.3) is 5.91 Å². The number of nitrogens with two attached hydrogens (primary N) is 1. The van der Waals surface area contributed by atoms with E-state index in [9.17, 15) is 19.4 Å². The smallest absolute Gasteiger partial charge is 0.255 e. The van der Waals surface area contributed by atoms with Gasteiger partial charge in [0, 0.05) is 27.5 Å². The van der Waals surface area contributed by atoms with E-state index in [0.29, 0.717) is 39.6 Å². The van der Waals surface area contributed by atoms with E-state index in [1.807, 2.05) is 6.26 Å². The number of hydrogen-bond donors (Lipinski definition) is 5. The molecule has 180 valence electrons. The first-order chi connectivity index (χ1) is 16.4. The monoisotopic (exact) mass is 504 g/mol. The molecule has 0 radical (unpaired) electrons. The Morgan fingerprint density at radius 1 is 1.24 bits per heavy atom. The Kier molecular flexibility index (Phi) is 8.98. The van der Waals surface area contributed by atoms with Crippen LogP contribution in [0.3, 0.4) is 0 Å². The highest BCUT2D eigenvalue weighted by molar-refractivity contribution is 7.98. The molecule has 0 saturated heterocycles. The molecule has 34 heavy (non-hydrogen) atoms. The minimum absolute atomic E-state index is 0.00765. The molecule has 0 aliphatic carbocycles. The van der Waals surface area contributed by atoms with Gasteiger partial charge >= 0.3 is 0 Å². The van der Waals surface area contributed by atoms with E-state index >= 15 is 0 Å². The minimum atomic E-state index is -0.691. The topological polar surface area (TPSA) is 120 Å². The van der Waals surface area contributed by atoms with Gasteiger partial charge in [0.1, 0.15) is 18.2 Å². The van der Waals surface area contributed by atoms with Gasteiger partial charge in [-0.1, -0.05) is 11.6 Å². The van der Waals surface area contributed by atoms with Gasteiger partial charge < -0.3 is 26.6 Å². The van der Waals surface area contributed by atoms with Gasteiger partial charge in [-0.15, -0.1) is 0 Å². The van der Waals surface area contributed by atoms with E-state index in [-0.39, 0.29) is 29.8 Å². The van der Waals surface area contributed by atoms with Crippen LogP contribution in [-0.2, 0) is 6.67 Å². The first-order valence-corrected chi connectivity index (χ1v) is 12.3. The molecule has 0 saturated carbocycles. The molecule has 7 nitrogen and oxygen atoms in total. The summed E-state index contributed by atoms with van der Waals surface area (Å²) in [4.78, 5) is 16.9. The van der Waals surface area contributed by atoms with Crippen LogP contribution in [0.25, 0.3) is 11.3 Å². The largest absolute Gasteiger partial charge is 0.507 e. The fourth-order valence-corrected chi connectivity index (χ4v) is 4.03. The first kappa shape index (κ1) is 25.6. The summed E-state index contributed by atoms with van der Waals surface area (Å²) in [5.41, 5.74) is 8.50. The number of anilines is 3. The lowest BCUT2D eigenvalue weighted by Crippen LogP contribution is -2.38. The molecule has 10 heteroatoms. The van der Waals surface area contributed by atoms with E-state index in [1.165, 1.54) is 12.1 Å². The molecule has 0 aliphatic heterocycles. The molecule has 3 rings (SSSR count). The van der Waals surface area contributed by atoms with Gasteiger partial charge in [0.15, 0.2) is 0 Å². The number of nitrogen functional groups attached to an aromatic ring is 1. The summed E-state index contributed by atoms with van der Waals surface area (Å²) in [6.45, 7) is -0.868. The van der Waals surface area contributed by atoms with Crippen LogP contribution in [-0.4, -0.2) is 45.8 Å². The fraction of sp³-hybridized carbons (Fsp3) is 0.250. The van der Waals surface area contributed by atoms with Crippen molar-refractivity contribution in [3.05, 3.63) is 64.7 Å². The Labute approximate surface area is 206 Å². The number of amides is 1. The Bertz CT molecular complexity index is 1170. The van der Waals surface area contributed by atoms with Crippen molar-refractivity contribution in [1.29, 1.82) is 0 Å². The maximum Gasteiger partial charge on any atom is 0.255 e. The average molecular weight is 505 g/mol. The predicted molar refractivity (Wildman–Crippen MR) is 137 cm³/mol. The van der Waals surface area contributed by atoms with Crippen molar-refractivity contribution in [2.75, 3.05) is 29.7 Å². The van der Waals surface area contributed by atoms with Crippen molar-refractivity contribution >= 4 is 46.5 Å². The highest BCUT2D eigenvalue weighted by Crippen LogP contribution is 2.33. The Balaban J connectivity index is 1.83. The standard InChI is InChI=1S/C24H26ClFN4O3S/c1-34-9-8-17(13-31)29-24(33)18-4-6-21(30-23(18)27)19-11-16(3-7-22(19)32)28-20-5-2-15(25)10-14(20)12-26/h2-7,10-11,17,28,31-32H,8-9,12-13H2,1H3,(H2,27,30)(H,29,33)/t17-/m0/s1. The van der Waals surface area contributed by atoms with Crippen LogP contribution in [0.5, 0.6) is 5.75 Å². The third kappa shape index (κ3) is 6.31. The van der Waals surface area contributed by atoms with Crippen LogP contribution in [0.1, 0.15) is 22.3 Å². The second-order valence-electron chi connectivity index (χ2n) is 7.56. The number of aliphatic hydroxyl groups excluding tert-OH is 1. The van der Waals surface area contributed by atoms with Crippen LogP contribution in [0, 0.1) is 0 Å². The van der Waals surface area contributed by atoms with Crippen molar-refractivity contribution in [3.63, 3.8) is 0 Å². The number of aromatic nitrogens is 1. The molecule has 0 unspecified atom stereocenters. The molecule has 1 amide bonds. The maximum absolute atomic E-state index is 13.4. The second kappa shape index (κ2) is 11.9. The third-order valence-corrected chi connectivity index (χ3v) is 6.04. The number of hydrogen-bond acceptors (Lipinski definition) is 7. The number of thioether (sulfide) groups is 1. The van der Waals surface area contributed by atoms with Gasteiger partial charge in [-0.05, 0) is 67.0 Å². The molecule has 3 aromatic rings. The van der Waals surface area contributed by atoms with Crippen molar-refractivity contribution in [2.24, 2.45) is 0 Å². The summed E-state index contributed by atoms with van der Waals surface area (Å²) in [6, 6.07) is 12.4. The van der Waals surface area contributed by atoms with Crippen molar-refractivity contribution < 1.29 is 19.4 Å². The molecule has 0 aliphatic rings. The number of rotatable bonds is 10. The summed E-state index contributed by atoms with van der Waals surface area (Å²) in [7, 11) is 0. The zero-order chi connectivity index (χ0) is 24.7. The zero-order valence-corrected chi connectivity index (χ0v) is 20.1. The van der Waals surface area contributed by atoms with E-state index < -0.39 is 12.6 Å². The highest BCUT2D eigenvalue weighted by atomic mass is 35.5. The number of halogens is 2. The van der Waals surface area contributed by atoms with Gasteiger partial charge in [-0.2, -0.15) is 11.8 Å². The Hall–Kier alpha value is -3.01. The molecule has 1 aromatic heterocycles. The SMILES string of the molecule is CSCC[C@@H](CO)NC(=O)c1ccc(-c2cc(Nc3ccc(Cl)cc3CF)ccc2O)nc1N. The van der Waals surface area contributed by atoms with E-state index in [4.69, 9.17) is 17.3 Å². The number of carbonyl (C=O) groups is 1. The van der Waals surface area contributed by atoms with Crippen LogP contribution in [0.4, 0.5) is 21.6 Å². The Morgan fingerprint density at radius 2 is 2.03 bits per heavy atom. The number of aliphatic hydroxyl groups is 1. The number of aromatic hydroxyl groups is 1. The molecule has 0 fully saturated rings. The van der Waals surface area contributed by atoms with Crippen LogP contribution in [0.2, 0.25) is 5.02 Å². The maximum atomic E-state index is 13.4. The number of alkyl halides is 1. The molecule has 0 bridgehead atoms. The number of phenolic OH excluding ortho intramolecular Hbond substituents is 1. The van der Waals surface area contributed by atoms with Crippen LogP contribution in [0.15, 0.2) is 48.5 Å². The summed E-state index contributed by atoms with van der Waals surface area (Å²) < 4.78 is 13.4. The van der Waals surface area contributed by atoms with Crippen molar-refractivity contribution in [1.82, 2.24) is 10.3 Å². The molecular formula is C24H26ClFN4O3S. The zero-order valence-electron chi connectivity index (χ0n) is 18.5. The van der Waals surface area contributed by atoms with Crippen LogP contribution < -0.4 is 16.4 Å². The molecule has 1 heterocycles. The molecule has 1 atom stereocenters.